The van der Waals surface area contributed by atoms with E-state index < -0.39 is 0 Å². The van der Waals surface area contributed by atoms with Crippen molar-refractivity contribution in [2.75, 3.05) is 12.3 Å². The van der Waals surface area contributed by atoms with Crippen LogP contribution < -0.4 is 11.1 Å². The van der Waals surface area contributed by atoms with Crippen LogP contribution in [0.25, 0.3) is 0 Å². The Labute approximate surface area is 142 Å². The molecule has 6 heteroatoms. The number of hydrogen-bond donors (Lipinski definition) is 2. The number of esters is 1. The molecule has 1 aromatic carbocycles. The van der Waals surface area contributed by atoms with Gasteiger partial charge in [-0.15, -0.1) is 0 Å². The molecule has 1 aliphatic heterocycles. The zero-order valence-corrected chi connectivity index (χ0v) is 14.7. The summed E-state index contributed by atoms with van der Waals surface area (Å²) in [7, 11) is 0. The first-order valence-electron chi connectivity index (χ1n) is 7.70. The molecule has 1 heterocycles. The predicted octanol–water partition coefficient (Wildman–Crippen LogP) is 2.75. The molecule has 0 bridgehead atoms. The summed E-state index contributed by atoms with van der Waals surface area (Å²) in [6.07, 6.45) is -0.182. The fourth-order valence-electron chi connectivity index (χ4n) is 2.64. The van der Waals surface area contributed by atoms with Gasteiger partial charge in [0.2, 0.25) is 0 Å². The summed E-state index contributed by atoms with van der Waals surface area (Å²) in [5, 5.41) is 3.85. The molecule has 1 aromatic rings. The van der Waals surface area contributed by atoms with E-state index in [1.807, 2.05) is 56.9 Å². The molecule has 0 saturated carbocycles. The van der Waals surface area contributed by atoms with Gasteiger partial charge in [0, 0.05) is 17.9 Å². The molecule has 0 fully saturated rings. The summed E-state index contributed by atoms with van der Waals surface area (Å²) in [6.45, 7) is 8.25. The third kappa shape index (κ3) is 3.64. The molecule has 1 aliphatic rings. The van der Waals surface area contributed by atoms with Crippen LogP contribution in [0.5, 0.6) is 0 Å². The maximum atomic E-state index is 12.6. The molecule has 2 rings (SSSR count). The number of allylic oxidation sites excluding steroid dienone is 1. The van der Waals surface area contributed by atoms with E-state index in [0.29, 0.717) is 22.9 Å². The number of nitrogens with zero attached hydrogens (tertiary/aromatic N) is 1. The molecule has 0 spiro atoms. The molecule has 5 nitrogen and oxygen atoms in total. The number of benzene rings is 1. The summed E-state index contributed by atoms with van der Waals surface area (Å²) in [5.74, 6) is -0.326. The Hall–Kier alpha value is -2.08. The van der Waals surface area contributed by atoms with Gasteiger partial charge in [0.05, 0.1) is 17.7 Å². The van der Waals surface area contributed by atoms with E-state index in [1.54, 1.807) is 0 Å². The minimum Gasteiger partial charge on any atom is -0.459 e. The quantitative estimate of drug-likeness (QED) is 0.502. The van der Waals surface area contributed by atoms with Gasteiger partial charge in [-0.25, -0.2) is 4.79 Å². The Morgan fingerprint density at radius 1 is 1.39 bits per heavy atom. The Bertz CT molecular complexity index is 638. The summed E-state index contributed by atoms with van der Waals surface area (Å²) in [4.78, 5) is 14.5. The van der Waals surface area contributed by atoms with E-state index in [4.69, 9.17) is 22.7 Å². The van der Waals surface area contributed by atoms with Crippen molar-refractivity contribution in [2.24, 2.45) is 0 Å². The standard InChI is InChI=1S/C17H23N3O2S/c1-5-20-11(4)14(16(21)22-10(2)3)15(19-17(20)23)12-6-8-13(18)9-7-12/h6-10,15H,5,18H2,1-4H3,(H,19,23). The number of nitrogens with one attached hydrogen (secondary N) is 1. The SMILES string of the molecule is CCN1C(=S)NC(c2ccc(N)cc2)C(C(=O)OC(C)C)=C1C. The van der Waals surface area contributed by atoms with Crippen molar-refractivity contribution < 1.29 is 9.53 Å². The number of rotatable bonds is 4. The summed E-state index contributed by atoms with van der Waals surface area (Å²) in [5.41, 5.74) is 8.76. The average molecular weight is 333 g/mol. The van der Waals surface area contributed by atoms with Gasteiger partial charge in [-0.1, -0.05) is 12.1 Å². The van der Waals surface area contributed by atoms with E-state index in [9.17, 15) is 4.79 Å². The highest BCUT2D eigenvalue weighted by Gasteiger charge is 2.34. The number of thiocarbonyl (C=S) groups is 1. The van der Waals surface area contributed by atoms with Crippen LogP contribution in [0.3, 0.4) is 0 Å². The van der Waals surface area contributed by atoms with Gasteiger partial charge in [-0.2, -0.15) is 0 Å². The molecule has 0 saturated heterocycles. The van der Waals surface area contributed by atoms with E-state index in [2.05, 4.69) is 5.32 Å². The van der Waals surface area contributed by atoms with Crippen LogP contribution in [0.1, 0.15) is 39.3 Å². The van der Waals surface area contributed by atoms with E-state index in [0.717, 1.165) is 11.3 Å². The molecule has 124 valence electrons. The van der Waals surface area contributed by atoms with Gasteiger partial charge >= 0.3 is 5.97 Å². The van der Waals surface area contributed by atoms with Gasteiger partial charge < -0.3 is 20.7 Å². The molecule has 23 heavy (non-hydrogen) atoms. The van der Waals surface area contributed by atoms with Gasteiger partial charge in [-0.3, -0.25) is 0 Å². The zero-order valence-electron chi connectivity index (χ0n) is 13.9. The fraction of sp³-hybridized carbons (Fsp3) is 0.412. The lowest BCUT2D eigenvalue weighted by atomic mass is 9.95. The first-order valence-corrected chi connectivity index (χ1v) is 8.11. The minimum atomic E-state index is -0.336. The second-order valence-electron chi connectivity index (χ2n) is 5.75. The van der Waals surface area contributed by atoms with Crippen molar-refractivity contribution in [3.63, 3.8) is 0 Å². The number of hydrogen-bond acceptors (Lipinski definition) is 4. The van der Waals surface area contributed by atoms with Gasteiger partial charge in [-0.05, 0) is 57.6 Å². The summed E-state index contributed by atoms with van der Waals surface area (Å²) >= 11 is 5.44. The van der Waals surface area contributed by atoms with E-state index >= 15 is 0 Å². The third-order valence-electron chi connectivity index (χ3n) is 3.74. The lowest BCUT2D eigenvalue weighted by Gasteiger charge is -2.37. The number of carbonyl (C=O) groups excluding carboxylic acids is 1. The fourth-order valence-corrected chi connectivity index (χ4v) is 3.03. The number of carbonyl (C=O) groups is 1. The van der Waals surface area contributed by atoms with E-state index in [1.165, 1.54) is 0 Å². The van der Waals surface area contributed by atoms with Gasteiger partial charge in [0.15, 0.2) is 5.11 Å². The maximum Gasteiger partial charge on any atom is 0.338 e. The lowest BCUT2D eigenvalue weighted by molar-refractivity contribution is -0.143. The normalized spacial score (nSPS) is 18.2. The Kier molecular flexibility index (Phi) is 5.26. The van der Waals surface area contributed by atoms with Crippen LogP contribution in [-0.4, -0.2) is 28.6 Å². The molecule has 3 N–H and O–H groups in total. The summed E-state index contributed by atoms with van der Waals surface area (Å²) in [6, 6.07) is 7.08. The Morgan fingerprint density at radius 2 is 2.00 bits per heavy atom. The monoisotopic (exact) mass is 333 g/mol. The van der Waals surface area contributed by atoms with Gasteiger partial charge in [0.25, 0.3) is 0 Å². The third-order valence-corrected chi connectivity index (χ3v) is 4.08. The first kappa shape index (κ1) is 17.3. The average Bonchev–Trinajstić information content (AvgIpc) is 2.46. The van der Waals surface area contributed by atoms with Crippen molar-refractivity contribution in [3.05, 3.63) is 41.1 Å². The van der Waals surface area contributed by atoms with Crippen LogP contribution in [0.2, 0.25) is 0 Å². The van der Waals surface area contributed by atoms with Crippen molar-refractivity contribution in [2.45, 2.75) is 39.8 Å². The highest BCUT2D eigenvalue weighted by Crippen LogP contribution is 2.31. The summed E-state index contributed by atoms with van der Waals surface area (Å²) < 4.78 is 5.43. The number of nitrogen functional groups attached to an aromatic ring is 1. The highest BCUT2D eigenvalue weighted by atomic mass is 32.1. The molecular formula is C17H23N3O2S. The van der Waals surface area contributed by atoms with Crippen molar-refractivity contribution in [3.8, 4) is 0 Å². The molecule has 1 unspecified atom stereocenters. The van der Waals surface area contributed by atoms with Crippen molar-refractivity contribution in [1.82, 2.24) is 10.2 Å². The van der Waals surface area contributed by atoms with Gasteiger partial charge in [0.1, 0.15) is 0 Å². The second-order valence-corrected chi connectivity index (χ2v) is 6.13. The molecule has 1 atom stereocenters. The van der Waals surface area contributed by atoms with Crippen molar-refractivity contribution >= 4 is 29.0 Å². The predicted molar refractivity (Wildman–Crippen MR) is 95.6 cm³/mol. The highest BCUT2D eigenvalue weighted by molar-refractivity contribution is 7.80. The Morgan fingerprint density at radius 3 is 2.52 bits per heavy atom. The largest absolute Gasteiger partial charge is 0.459 e. The van der Waals surface area contributed by atoms with Crippen LogP contribution >= 0.6 is 12.2 Å². The lowest BCUT2D eigenvalue weighted by Crippen LogP contribution is -2.47. The second kappa shape index (κ2) is 7.00. The molecule has 0 amide bonds. The minimum absolute atomic E-state index is 0.182. The first-order chi connectivity index (χ1) is 10.8. The number of nitrogens with two attached hydrogens (primary N) is 1. The molecular weight excluding hydrogens is 310 g/mol. The molecule has 0 aromatic heterocycles. The van der Waals surface area contributed by atoms with Crippen LogP contribution in [0.15, 0.2) is 35.5 Å². The smallest absolute Gasteiger partial charge is 0.338 e. The zero-order chi connectivity index (χ0) is 17.1. The van der Waals surface area contributed by atoms with E-state index in [-0.39, 0.29) is 18.1 Å². The Balaban J connectivity index is 2.49. The van der Waals surface area contributed by atoms with Crippen LogP contribution in [0, 0.1) is 0 Å². The maximum absolute atomic E-state index is 12.6. The van der Waals surface area contributed by atoms with Crippen LogP contribution in [0.4, 0.5) is 5.69 Å². The molecule has 0 radical (unpaired) electrons. The van der Waals surface area contributed by atoms with Crippen LogP contribution in [-0.2, 0) is 9.53 Å². The number of ether oxygens (including phenoxy) is 1. The number of anilines is 1. The molecule has 0 aliphatic carbocycles. The van der Waals surface area contributed by atoms with Crippen molar-refractivity contribution in [1.29, 1.82) is 0 Å². The topological polar surface area (TPSA) is 67.6 Å².